The number of pyridine rings is 1. The molecule has 0 atom stereocenters. The van der Waals surface area contributed by atoms with Crippen molar-refractivity contribution in [2.75, 3.05) is 5.32 Å². The monoisotopic (exact) mass is 421 g/mol. The molecule has 1 aromatic carbocycles. The van der Waals surface area contributed by atoms with Crippen LogP contribution in [0.4, 0.5) is 5.13 Å². The van der Waals surface area contributed by atoms with E-state index in [1.807, 2.05) is 19.1 Å². The Kier molecular flexibility index (Phi) is 5.63. The second-order valence-electron chi connectivity index (χ2n) is 7.51. The molecule has 0 saturated carbocycles. The largest absolute Gasteiger partial charge is 0.325 e. The van der Waals surface area contributed by atoms with Crippen LogP contribution in [0.15, 0.2) is 35.1 Å². The van der Waals surface area contributed by atoms with Crippen LogP contribution in [0.3, 0.4) is 0 Å². The highest BCUT2D eigenvalue weighted by Gasteiger charge is 2.23. The molecule has 3 aromatic rings. The first-order valence-electron chi connectivity index (χ1n) is 10.1. The topological polar surface area (TPSA) is 91.9 Å². The van der Waals surface area contributed by atoms with E-state index in [9.17, 15) is 14.4 Å². The molecule has 1 amide bonds. The maximum absolute atomic E-state index is 12.7. The van der Waals surface area contributed by atoms with Crippen molar-refractivity contribution in [1.82, 2.24) is 9.97 Å². The van der Waals surface area contributed by atoms with Crippen molar-refractivity contribution in [3.05, 3.63) is 67.9 Å². The minimum atomic E-state index is -0.559. The molecule has 0 bridgehead atoms. The number of aromatic amines is 1. The third kappa shape index (κ3) is 3.98. The minimum Gasteiger partial charge on any atom is -0.325 e. The van der Waals surface area contributed by atoms with Crippen molar-refractivity contribution in [2.24, 2.45) is 0 Å². The van der Waals surface area contributed by atoms with Crippen LogP contribution in [0.2, 0.25) is 0 Å². The lowest BCUT2D eigenvalue weighted by Crippen LogP contribution is -2.27. The number of nitrogens with zero attached hydrogens (tertiary/aromatic N) is 1. The number of amides is 1. The highest BCUT2D eigenvalue weighted by atomic mass is 32.1. The molecule has 0 radical (unpaired) electrons. The number of nitrogens with one attached hydrogen (secondary N) is 2. The summed E-state index contributed by atoms with van der Waals surface area (Å²) in [6, 6.07) is 9.69. The average Bonchev–Trinajstić information content (AvgIpc) is 3.08. The summed E-state index contributed by atoms with van der Waals surface area (Å²) >= 11 is 1.36. The summed E-state index contributed by atoms with van der Waals surface area (Å²) < 4.78 is 0. The van der Waals surface area contributed by atoms with E-state index in [4.69, 9.17) is 0 Å². The van der Waals surface area contributed by atoms with Gasteiger partial charge in [0, 0.05) is 28.1 Å². The van der Waals surface area contributed by atoms with Crippen molar-refractivity contribution in [3.8, 4) is 11.3 Å². The Morgan fingerprint density at radius 3 is 2.70 bits per heavy atom. The molecule has 2 N–H and O–H groups in total. The molecule has 0 unspecified atom stereocenters. The standard InChI is InChI=1S/C23H23N3O3S/c1-3-5-14-8-10-15(11-9-14)20-13(2)30-23(25-20)26-22(29)17-12-16-18(24-21(17)28)6-4-7-19(16)27/h8-12H,3-7H2,1-2H3,(H,24,28)(H,25,26,29). The lowest BCUT2D eigenvalue weighted by Gasteiger charge is -2.14. The summed E-state index contributed by atoms with van der Waals surface area (Å²) in [4.78, 5) is 45.5. The number of fused-ring (bicyclic) bond motifs is 1. The van der Waals surface area contributed by atoms with E-state index in [0.29, 0.717) is 35.7 Å². The third-order valence-corrected chi connectivity index (χ3v) is 6.17. The molecule has 1 aliphatic rings. The number of thiazole rings is 1. The summed E-state index contributed by atoms with van der Waals surface area (Å²) in [5.74, 6) is -0.600. The van der Waals surface area contributed by atoms with E-state index in [1.165, 1.54) is 23.0 Å². The van der Waals surface area contributed by atoms with Crippen LogP contribution in [0.1, 0.15) is 63.0 Å². The molecule has 6 nitrogen and oxygen atoms in total. The van der Waals surface area contributed by atoms with E-state index >= 15 is 0 Å². The van der Waals surface area contributed by atoms with Gasteiger partial charge in [-0.2, -0.15) is 0 Å². The molecule has 0 fully saturated rings. The van der Waals surface area contributed by atoms with Gasteiger partial charge in [-0.05, 0) is 37.8 Å². The van der Waals surface area contributed by atoms with Gasteiger partial charge in [0.05, 0.1) is 5.69 Å². The van der Waals surface area contributed by atoms with Crippen LogP contribution in [-0.2, 0) is 12.8 Å². The van der Waals surface area contributed by atoms with Gasteiger partial charge in [-0.1, -0.05) is 37.6 Å². The Balaban J connectivity index is 1.57. The number of carbonyl (C=O) groups excluding carboxylic acids is 2. The first-order chi connectivity index (χ1) is 14.5. The SMILES string of the molecule is CCCc1ccc(-c2nc(NC(=O)c3cc4c([nH]c3=O)CCCC4=O)sc2C)cc1. The van der Waals surface area contributed by atoms with Gasteiger partial charge in [0.15, 0.2) is 10.9 Å². The highest BCUT2D eigenvalue weighted by molar-refractivity contribution is 7.16. The number of hydrogen-bond donors (Lipinski definition) is 2. The number of carbonyl (C=O) groups is 2. The second-order valence-corrected chi connectivity index (χ2v) is 8.71. The Labute approximate surface area is 178 Å². The van der Waals surface area contributed by atoms with E-state index in [-0.39, 0.29) is 11.3 Å². The Hall–Kier alpha value is -3.06. The zero-order valence-corrected chi connectivity index (χ0v) is 17.8. The van der Waals surface area contributed by atoms with E-state index in [1.54, 1.807) is 0 Å². The number of Topliss-reactive ketones (excluding diaryl/α,β-unsaturated/α-hetero) is 1. The molecule has 2 heterocycles. The van der Waals surface area contributed by atoms with Crippen LogP contribution in [0, 0.1) is 6.92 Å². The van der Waals surface area contributed by atoms with E-state index < -0.39 is 11.5 Å². The zero-order chi connectivity index (χ0) is 21.3. The number of rotatable bonds is 5. The van der Waals surface area contributed by atoms with Crippen LogP contribution >= 0.6 is 11.3 Å². The Morgan fingerprint density at radius 2 is 1.97 bits per heavy atom. The molecule has 2 aromatic heterocycles. The zero-order valence-electron chi connectivity index (χ0n) is 17.0. The van der Waals surface area contributed by atoms with Gasteiger partial charge in [-0.15, -0.1) is 11.3 Å². The van der Waals surface area contributed by atoms with E-state index in [0.717, 1.165) is 29.0 Å². The van der Waals surface area contributed by atoms with Gasteiger partial charge in [-0.3, -0.25) is 19.7 Å². The maximum atomic E-state index is 12.7. The van der Waals surface area contributed by atoms with Crippen LogP contribution in [0.5, 0.6) is 0 Å². The summed E-state index contributed by atoms with van der Waals surface area (Å²) in [5, 5.41) is 3.15. The number of anilines is 1. The van der Waals surface area contributed by atoms with Gasteiger partial charge >= 0.3 is 0 Å². The predicted molar refractivity (Wildman–Crippen MR) is 119 cm³/mol. The van der Waals surface area contributed by atoms with Crippen LogP contribution < -0.4 is 10.9 Å². The lowest BCUT2D eigenvalue weighted by molar-refractivity contribution is 0.0971. The van der Waals surface area contributed by atoms with Crippen molar-refractivity contribution < 1.29 is 9.59 Å². The number of hydrogen-bond acceptors (Lipinski definition) is 5. The maximum Gasteiger partial charge on any atom is 0.263 e. The van der Waals surface area contributed by atoms with Crippen molar-refractivity contribution in [2.45, 2.75) is 46.0 Å². The molecule has 1 aliphatic carbocycles. The van der Waals surface area contributed by atoms with Gasteiger partial charge in [0.2, 0.25) is 0 Å². The van der Waals surface area contributed by atoms with Crippen molar-refractivity contribution in [1.29, 1.82) is 0 Å². The molecule has 4 rings (SSSR count). The third-order valence-electron chi connectivity index (χ3n) is 5.28. The number of aromatic nitrogens is 2. The molecule has 154 valence electrons. The van der Waals surface area contributed by atoms with Crippen molar-refractivity contribution >= 4 is 28.2 Å². The molecule has 30 heavy (non-hydrogen) atoms. The summed E-state index contributed by atoms with van der Waals surface area (Å²) in [6.07, 6.45) is 3.93. The highest BCUT2D eigenvalue weighted by Crippen LogP contribution is 2.31. The molecule has 7 heteroatoms. The number of H-pyrrole nitrogens is 1. The number of ketones is 1. The van der Waals surface area contributed by atoms with Gasteiger partial charge in [0.1, 0.15) is 5.56 Å². The smallest absolute Gasteiger partial charge is 0.263 e. The molecule has 0 aliphatic heterocycles. The average molecular weight is 422 g/mol. The summed E-state index contributed by atoms with van der Waals surface area (Å²) in [5.41, 5.74) is 3.59. The Morgan fingerprint density at radius 1 is 1.20 bits per heavy atom. The van der Waals surface area contributed by atoms with Gasteiger partial charge in [0.25, 0.3) is 11.5 Å². The number of benzene rings is 1. The first kappa shape index (κ1) is 20.2. The van der Waals surface area contributed by atoms with E-state index in [2.05, 4.69) is 34.3 Å². The fourth-order valence-electron chi connectivity index (χ4n) is 3.74. The predicted octanol–water partition coefficient (Wildman–Crippen LogP) is 4.53. The fraction of sp³-hybridized carbons (Fsp3) is 0.304. The first-order valence-corrected chi connectivity index (χ1v) is 11.0. The van der Waals surface area contributed by atoms with Crippen molar-refractivity contribution in [3.63, 3.8) is 0 Å². The molecule has 0 saturated heterocycles. The van der Waals surface area contributed by atoms with Gasteiger partial charge < -0.3 is 4.98 Å². The molecular weight excluding hydrogens is 398 g/mol. The summed E-state index contributed by atoms with van der Waals surface area (Å²) in [7, 11) is 0. The van der Waals surface area contributed by atoms with Gasteiger partial charge in [-0.25, -0.2) is 4.98 Å². The summed E-state index contributed by atoms with van der Waals surface area (Å²) in [6.45, 7) is 4.10. The molecule has 0 spiro atoms. The second kappa shape index (κ2) is 8.36. The lowest BCUT2D eigenvalue weighted by atomic mass is 9.93. The quantitative estimate of drug-likeness (QED) is 0.633. The number of aryl methyl sites for hydroxylation is 3. The normalized spacial score (nSPS) is 13.2. The van der Waals surface area contributed by atoms with Crippen LogP contribution in [-0.4, -0.2) is 21.7 Å². The fourth-order valence-corrected chi connectivity index (χ4v) is 4.57. The minimum absolute atomic E-state index is 0.0413. The van der Waals surface area contributed by atoms with Crippen LogP contribution in [0.25, 0.3) is 11.3 Å². The molecular formula is C23H23N3O3S. The Bertz CT molecular complexity index is 1180.